The summed E-state index contributed by atoms with van der Waals surface area (Å²) in [4.78, 5) is 10.2. The molecule has 18 heavy (non-hydrogen) atoms. The number of ether oxygens (including phenoxy) is 1. The summed E-state index contributed by atoms with van der Waals surface area (Å²) < 4.78 is 6.51. The van der Waals surface area contributed by atoms with E-state index in [4.69, 9.17) is 4.74 Å². The molecule has 0 amide bonds. The van der Waals surface area contributed by atoms with Gasteiger partial charge in [-0.15, -0.1) is 11.3 Å². The van der Waals surface area contributed by atoms with E-state index in [0.717, 1.165) is 16.8 Å². The van der Waals surface area contributed by atoms with Crippen LogP contribution in [0.3, 0.4) is 0 Å². The average Bonchev–Trinajstić information content (AvgIpc) is 3.08. The van der Waals surface area contributed by atoms with Gasteiger partial charge < -0.3 is 4.74 Å². The first-order valence-electron chi connectivity index (χ1n) is 6.01. The molecule has 0 spiro atoms. The molecule has 2 aromatic rings. The summed E-state index contributed by atoms with van der Waals surface area (Å²) in [6, 6.07) is 6.02. The lowest BCUT2D eigenvalue weighted by molar-refractivity contribution is 0.308. The third kappa shape index (κ3) is 3.09. The van der Waals surface area contributed by atoms with Crippen molar-refractivity contribution in [2.24, 2.45) is 0 Å². The topological polar surface area (TPSA) is 35.0 Å². The zero-order valence-corrected chi connectivity index (χ0v) is 12.2. The van der Waals surface area contributed by atoms with Crippen molar-refractivity contribution in [1.29, 1.82) is 0 Å². The van der Waals surface area contributed by atoms with Crippen molar-refractivity contribution < 1.29 is 4.74 Å². The van der Waals surface area contributed by atoms with E-state index in [1.54, 1.807) is 11.3 Å². The van der Waals surface area contributed by atoms with E-state index < -0.39 is 0 Å². The van der Waals surface area contributed by atoms with Gasteiger partial charge in [-0.1, -0.05) is 6.07 Å². The first-order valence-corrected chi connectivity index (χ1v) is 7.68. The first kappa shape index (κ1) is 12.1. The molecule has 1 aliphatic rings. The van der Waals surface area contributed by atoms with Gasteiger partial charge in [-0.25, -0.2) is 4.98 Å². The average molecular weight is 325 g/mol. The Balaban J connectivity index is 1.61. The molecule has 1 fully saturated rings. The second kappa shape index (κ2) is 5.36. The lowest BCUT2D eigenvalue weighted by Crippen LogP contribution is -2.04. The molecule has 5 heteroatoms. The monoisotopic (exact) mass is 324 g/mol. The van der Waals surface area contributed by atoms with Crippen LogP contribution in [-0.4, -0.2) is 16.6 Å². The molecule has 0 unspecified atom stereocenters. The number of halogens is 1. The summed E-state index contributed by atoms with van der Waals surface area (Å²) in [5.74, 6) is 2.13. The van der Waals surface area contributed by atoms with E-state index in [0.29, 0.717) is 18.4 Å². The minimum atomic E-state index is 0.544. The van der Waals surface area contributed by atoms with Gasteiger partial charge in [0.1, 0.15) is 10.4 Å². The van der Waals surface area contributed by atoms with Crippen molar-refractivity contribution in [3.63, 3.8) is 0 Å². The van der Waals surface area contributed by atoms with Crippen molar-refractivity contribution in [3.8, 4) is 5.88 Å². The maximum absolute atomic E-state index is 5.70. The Kier molecular flexibility index (Phi) is 3.61. The van der Waals surface area contributed by atoms with Crippen LogP contribution in [0.1, 0.15) is 29.5 Å². The molecule has 0 aliphatic heterocycles. The molecular weight excluding hydrogens is 312 g/mol. The fourth-order valence-electron chi connectivity index (χ4n) is 1.72. The molecule has 1 aliphatic carbocycles. The highest BCUT2D eigenvalue weighted by Gasteiger charge is 2.27. The van der Waals surface area contributed by atoms with Gasteiger partial charge in [0.15, 0.2) is 0 Å². The molecule has 0 bridgehead atoms. The zero-order chi connectivity index (χ0) is 12.4. The lowest BCUT2D eigenvalue weighted by Gasteiger charge is -2.06. The van der Waals surface area contributed by atoms with Gasteiger partial charge in [-0.2, -0.15) is 4.98 Å². The maximum Gasteiger partial charge on any atom is 0.217 e. The van der Waals surface area contributed by atoms with Crippen molar-refractivity contribution in [2.75, 3.05) is 6.61 Å². The molecule has 3 nitrogen and oxygen atoms in total. The second-order valence-corrected chi connectivity index (χ2v) is 6.18. The molecule has 3 rings (SSSR count). The summed E-state index contributed by atoms with van der Waals surface area (Å²) in [7, 11) is 0. The van der Waals surface area contributed by atoms with Crippen LogP contribution in [0, 0.1) is 0 Å². The van der Waals surface area contributed by atoms with Gasteiger partial charge >= 0.3 is 0 Å². The van der Waals surface area contributed by atoms with Crippen LogP contribution in [0.15, 0.2) is 28.2 Å². The van der Waals surface area contributed by atoms with Crippen molar-refractivity contribution in [1.82, 2.24) is 9.97 Å². The minimum Gasteiger partial charge on any atom is -0.477 e. The smallest absolute Gasteiger partial charge is 0.217 e. The summed E-state index contributed by atoms with van der Waals surface area (Å²) in [6.07, 6.45) is 3.33. The number of nitrogens with zero attached hydrogens (tertiary/aromatic N) is 2. The molecular formula is C13H13BrN2OS. The number of rotatable bonds is 5. The van der Waals surface area contributed by atoms with Crippen LogP contribution in [0.2, 0.25) is 0 Å². The largest absolute Gasteiger partial charge is 0.477 e. The molecule has 0 saturated heterocycles. The van der Waals surface area contributed by atoms with Crippen molar-refractivity contribution >= 4 is 27.3 Å². The summed E-state index contributed by atoms with van der Waals surface area (Å²) >= 11 is 5.17. The fourth-order valence-corrected chi connectivity index (χ4v) is 2.79. The first-order chi connectivity index (χ1) is 8.81. The van der Waals surface area contributed by atoms with Gasteiger partial charge in [-0.3, -0.25) is 0 Å². The SMILES string of the molecule is Brc1cc(OCCc2cccs2)nc(C2CC2)n1. The van der Waals surface area contributed by atoms with Crippen LogP contribution in [-0.2, 0) is 6.42 Å². The van der Waals surface area contributed by atoms with E-state index in [2.05, 4.69) is 43.4 Å². The number of thiophene rings is 1. The minimum absolute atomic E-state index is 0.544. The van der Waals surface area contributed by atoms with Gasteiger partial charge in [0, 0.05) is 23.3 Å². The van der Waals surface area contributed by atoms with E-state index in [9.17, 15) is 0 Å². The third-order valence-electron chi connectivity index (χ3n) is 2.81. The number of aromatic nitrogens is 2. The third-order valence-corrected chi connectivity index (χ3v) is 4.15. The molecule has 0 aromatic carbocycles. The lowest BCUT2D eigenvalue weighted by atomic mass is 10.4. The van der Waals surface area contributed by atoms with Crippen LogP contribution in [0.5, 0.6) is 5.88 Å². The molecule has 0 N–H and O–H groups in total. The van der Waals surface area contributed by atoms with Gasteiger partial charge in [0.05, 0.1) is 6.61 Å². The van der Waals surface area contributed by atoms with Crippen molar-refractivity contribution in [3.05, 3.63) is 38.9 Å². The van der Waals surface area contributed by atoms with Crippen LogP contribution < -0.4 is 4.74 Å². The Bertz CT molecular complexity index is 526. The van der Waals surface area contributed by atoms with Gasteiger partial charge in [-0.05, 0) is 40.2 Å². The Morgan fingerprint density at radius 1 is 1.39 bits per heavy atom. The summed E-state index contributed by atoms with van der Waals surface area (Å²) in [5.41, 5.74) is 0. The normalized spacial score (nSPS) is 14.7. The molecule has 0 radical (unpaired) electrons. The van der Waals surface area contributed by atoms with E-state index in [-0.39, 0.29) is 0 Å². The number of hydrogen-bond donors (Lipinski definition) is 0. The highest BCUT2D eigenvalue weighted by Crippen LogP contribution is 2.39. The summed E-state index contributed by atoms with van der Waals surface area (Å²) in [5, 5.41) is 2.09. The molecule has 94 valence electrons. The predicted molar refractivity (Wildman–Crippen MR) is 75.2 cm³/mol. The Labute approximate surface area is 118 Å². The molecule has 1 saturated carbocycles. The quantitative estimate of drug-likeness (QED) is 0.785. The van der Waals surface area contributed by atoms with Gasteiger partial charge in [0.2, 0.25) is 5.88 Å². The van der Waals surface area contributed by atoms with Crippen LogP contribution >= 0.6 is 27.3 Å². The standard InChI is InChI=1S/C13H13BrN2OS/c14-11-8-12(16-13(15-11)9-3-4-9)17-6-5-10-2-1-7-18-10/h1-2,7-9H,3-6H2. The van der Waals surface area contributed by atoms with Gasteiger partial charge in [0.25, 0.3) is 0 Å². The van der Waals surface area contributed by atoms with Crippen molar-refractivity contribution in [2.45, 2.75) is 25.2 Å². The van der Waals surface area contributed by atoms with E-state index in [1.807, 2.05) is 6.07 Å². The Morgan fingerprint density at radius 3 is 3.00 bits per heavy atom. The molecule has 2 heterocycles. The summed E-state index contributed by atoms with van der Waals surface area (Å²) in [6.45, 7) is 0.661. The second-order valence-electron chi connectivity index (χ2n) is 4.34. The maximum atomic E-state index is 5.70. The predicted octanol–water partition coefficient (Wildman–Crippen LogP) is 3.80. The highest BCUT2D eigenvalue weighted by molar-refractivity contribution is 9.10. The van der Waals surface area contributed by atoms with Crippen LogP contribution in [0.4, 0.5) is 0 Å². The zero-order valence-electron chi connectivity index (χ0n) is 9.80. The highest BCUT2D eigenvalue weighted by atomic mass is 79.9. The Hall–Kier alpha value is -0.940. The number of hydrogen-bond acceptors (Lipinski definition) is 4. The van der Waals surface area contributed by atoms with E-state index in [1.165, 1.54) is 17.7 Å². The van der Waals surface area contributed by atoms with E-state index >= 15 is 0 Å². The molecule has 0 atom stereocenters. The van der Waals surface area contributed by atoms with Crippen LogP contribution in [0.25, 0.3) is 0 Å². The molecule has 2 aromatic heterocycles. The fraction of sp³-hybridized carbons (Fsp3) is 0.385. The Morgan fingerprint density at radius 2 is 2.28 bits per heavy atom.